The zero-order valence-electron chi connectivity index (χ0n) is 19.1. The lowest BCUT2D eigenvalue weighted by Gasteiger charge is -2.39. The Kier molecular flexibility index (Phi) is 4.41. The van der Waals surface area contributed by atoms with Crippen molar-refractivity contribution in [2.24, 2.45) is 10.8 Å². The van der Waals surface area contributed by atoms with Crippen LogP contribution in [-0.2, 0) is 11.2 Å². The van der Waals surface area contributed by atoms with Crippen molar-refractivity contribution in [3.05, 3.63) is 45.5 Å². The molecule has 5 heteroatoms. The summed E-state index contributed by atoms with van der Waals surface area (Å²) >= 11 is 0. The molecule has 1 aromatic carbocycles. The fourth-order valence-corrected chi connectivity index (χ4v) is 6.45. The number of benzene rings is 1. The average molecular weight is 422 g/mol. The van der Waals surface area contributed by atoms with Crippen LogP contribution in [0, 0.1) is 24.7 Å². The van der Waals surface area contributed by atoms with Gasteiger partial charge in [-0.1, -0.05) is 20.8 Å². The van der Waals surface area contributed by atoms with E-state index in [1.165, 1.54) is 0 Å². The number of carbonyl (C=O) groups excluding carboxylic acids is 1. The van der Waals surface area contributed by atoms with Gasteiger partial charge in [0.05, 0.1) is 6.26 Å². The molecule has 3 aromatic rings. The van der Waals surface area contributed by atoms with Crippen molar-refractivity contribution >= 4 is 27.8 Å². The van der Waals surface area contributed by atoms with Crippen LogP contribution in [0.25, 0.3) is 21.9 Å². The second kappa shape index (κ2) is 6.72. The first-order valence-corrected chi connectivity index (χ1v) is 11.3. The van der Waals surface area contributed by atoms with Crippen LogP contribution < -0.4 is 5.63 Å². The van der Waals surface area contributed by atoms with Gasteiger partial charge in [-0.05, 0) is 67.6 Å². The molecule has 2 aliphatic rings. The maximum atomic E-state index is 13.2. The predicted molar refractivity (Wildman–Crippen MR) is 121 cm³/mol. The number of likely N-dealkylation sites (tertiary alicyclic amines) is 1. The Morgan fingerprint density at radius 2 is 1.90 bits per heavy atom. The molecule has 31 heavy (non-hydrogen) atoms. The minimum absolute atomic E-state index is 0.159. The van der Waals surface area contributed by atoms with Gasteiger partial charge in [-0.15, -0.1) is 0 Å². The number of furan rings is 1. The molecule has 3 heterocycles. The predicted octanol–water partition coefficient (Wildman–Crippen LogP) is 5.52. The molecule has 1 amide bonds. The molecule has 1 aliphatic heterocycles. The SMILES string of the molecule is Cc1coc2cc3oc(=O)c(CCC(=O)N4C[C@]5(C)C[C@H]4CC(C)(C)C5)c(C)c3cc12. The van der Waals surface area contributed by atoms with Gasteiger partial charge in [-0.2, -0.15) is 0 Å². The number of rotatable bonds is 3. The number of fused-ring (bicyclic) bond motifs is 4. The largest absolute Gasteiger partial charge is 0.464 e. The Morgan fingerprint density at radius 3 is 2.68 bits per heavy atom. The van der Waals surface area contributed by atoms with Crippen LogP contribution in [0.4, 0.5) is 0 Å². The lowest BCUT2D eigenvalue weighted by Crippen LogP contribution is -2.38. The highest BCUT2D eigenvalue weighted by atomic mass is 16.4. The minimum atomic E-state index is -0.353. The van der Waals surface area contributed by atoms with Gasteiger partial charge >= 0.3 is 5.63 Å². The third-order valence-electron chi connectivity index (χ3n) is 7.50. The zero-order valence-corrected chi connectivity index (χ0v) is 19.1. The van der Waals surface area contributed by atoms with Crippen LogP contribution in [0.1, 0.15) is 63.1 Å². The third-order valence-corrected chi connectivity index (χ3v) is 7.50. The van der Waals surface area contributed by atoms with Gasteiger partial charge in [0.2, 0.25) is 5.91 Å². The normalized spacial score (nSPS) is 24.9. The molecule has 2 bridgehead atoms. The summed E-state index contributed by atoms with van der Waals surface area (Å²) in [6.45, 7) is 11.7. The summed E-state index contributed by atoms with van der Waals surface area (Å²) in [6.07, 6.45) is 5.79. The number of carbonyl (C=O) groups is 1. The monoisotopic (exact) mass is 421 g/mol. The Morgan fingerprint density at radius 1 is 1.13 bits per heavy atom. The number of nitrogens with zero attached hydrogens (tertiary/aromatic N) is 1. The van der Waals surface area contributed by atoms with Gasteiger partial charge in [0.25, 0.3) is 0 Å². The van der Waals surface area contributed by atoms with Crippen LogP contribution >= 0.6 is 0 Å². The Bertz CT molecular complexity index is 1260. The summed E-state index contributed by atoms with van der Waals surface area (Å²) in [5, 5.41) is 1.93. The van der Waals surface area contributed by atoms with Crippen molar-refractivity contribution in [2.45, 2.75) is 72.8 Å². The highest BCUT2D eigenvalue weighted by Crippen LogP contribution is 2.52. The van der Waals surface area contributed by atoms with E-state index < -0.39 is 0 Å². The summed E-state index contributed by atoms with van der Waals surface area (Å²) in [7, 11) is 0. The number of hydrogen-bond donors (Lipinski definition) is 0. The highest BCUT2D eigenvalue weighted by molar-refractivity contribution is 5.96. The van der Waals surface area contributed by atoms with Crippen molar-refractivity contribution < 1.29 is 13.6 Å². The quantitative estimate of drug-likeness (QED) is 0.523. The lowest BCUT2D eigenvalue weighted by atomic mass is 9.65. The Labute approximate surface area is 182 Å². The fourth-order valence-electron chi connectivity index (χ4n) is 6.45. The van der Waals surface area contributed by atoms with Crippen LogP contribution in [0.15, 0.2) is 32.0 Å². The molecule has 2 aromatic heterocycles. The Balaban J connectivity index is 1.41. The fraction of sp³-hybridized carbons (Fsp3) is 0.538. The smallest absolute Gasteiger partial charge is 0.339 e. The number of amides is 1. The van der Waals surface area contributed by atoms with Crippen LogP contribution in [0.3, 0.4) is 0 Å². The standard InChI is InChI=1S/C26H31NO4/c1-15-12-30-21-9-22-20(8-19(15)21)16(2)18(24(29)31-22)6-7-23(28)27-14-26(5)11-17(27)10-25(3,4)13-26/h8-9,12,17H,6-7,10-11,13-14H2,1-5H3/t17-,26-/m1/s1. The zero-order chi connectivity index (χ0) is 22.1. The topological polar surface area (TPSA) is 63.7 Å². The van der Waals surface area contributed by atoms with Crippen LogP contribution in [0.5, 0.6) is 0 Å². The van der Waals surface area contributed by atoms with Gasteiger partial charge in [0, 0.05) is 41.4 Å². The van der Waals surface area contributed by atoms with Crippen LogP contribution in [0.2, 0.25) is 0 Å². The average Bonchev–Trinajstić information content (AvgIpc) is 3.15. The molecule has 0 unspecified atom stereocenters. The van der Waals surface area contributed by atoms with Gasteiger partial charge < -0.3 is 13.7 Å². The molecule has 164 valence electrons. The summed E-state index contributed by atoms with van der Waals surface area (Å²) in [5.41, 5.74) is 3.94. The minimum Gasteiger partial charge on any atom is -0.464 e. The Hall–Kier alpha value is -2.56. The van der Waals surface area contributed by atoms with Crippen molar-refractivity contribution in [1.29, 1.82) is 0 Å². The van der Waals surface area contributed by atoms with Crippen molar-refractivity contribution in [1.82, 2.24) is 4.90 Å². The molecule has 2 atom stereocenters. The van der Waals surface area contributed by atoms with E-state index in [-0.39, 0.29) is 22.4 Å². The van der Waals surface area contributed by atoms with E-state index in [4.69, 9.17) is 8.83 Å². The van der Waals surface area contributed by atoms with Crippen molar-refractivity contribution in [3.8, 4) is 0 Å². The molecule has 1 aliphatic carbocycles. The molecule has 0 N–H and O–H groups in total. The van der Waals surface area contributed by atoms with E-state index in [0.29, 0.717) is 35.6 Å². The van der Waals surface area contributed by atoms with Crippen LogP contribution in [-0.4, -0.2) is 23.4 Å². The molecular formula is C26H31NO4. The maximum Gasteiger partial charge on any atom is 0.339 e. The van der Waals surface area contributed by atoms with E-state index in [0.717, 1.165) is 47.7 Å². The summed E-state index contributed by atoms with van der Waals surface area (Å²) in [5.74, 6) is 0.159. The summed E-state index contributed by atoms with van der Waals surface area (Å²) in [4.78, 5) is 28.0. The third kappa shape index (κ3) is 3.38. The second-order valence-electron chi connectivity index (χ2n) is 11.0. The van der Waals surface area contributed by atoms with E-state index in [1.807, 2.05) is 19.9 Å². The molecular weight excluding hydrogens is 390 g/mol. The van der Waals surface area contributed by atoms with Crippen molar-refractivity contribution in [3.63, 3.8) is 0 Å². The summed E-state index contributed by atoms with van der Waals surface area (Å²) < 4.78 is 11.2. The number of aryl methyl sites for hydroxylation is 2. The molecule has 5 rings (SSSR count). The molecule has 0 radical (unpaired) electrons. The van der Waals surface area contributed by atoms with Gasteiger partial charge in [-0.25, -0.2) is 4.79 Å². The van der Waals surface area contributed by atoms with E-state index in [1.54, 1.807) is 12.3 Å². The first-order valence-electron chi connectivity index (χ1n) is 11.3. The number of hydrogen-bond acceptors (Lipinski definition) is 4. The van der Waals surface area contributed by atoms with Crippen molar-refractivity contribution in [2.75, 3.05) is 6.54 Å². The molecule has 5 nitrogen and oxygen atoms in total. The lowest BCUT2D eigenvalue weighted by molar-refractivity contribution is -0.132. The van der Waals surface area contributed by atoms with Gasteiger partial charge in [-0.3, -0.25) is 4.79 Å². The first-order chi connectivity index (χ1) is 14.6. The van der Waals surface area contributed by atoms with E-state index in [2.05, 4.69) is 25.7 Å². The second-order valence-corrected chi connectivity index (χ2v) is 11.0. The highest BCUT2D eigenvalue weighted by Gasteiger charge is 2.50. The molecule has 1 saturated heterocycles. The maximum absolute atomic E-state index is 13.2. The molecule has 1 saturated carbocycles. The summed E-state index contributed by atoms with van der Waals surface area (Å²) in [6, 6.07) is 4.14. The van der Waals surface area contributed by atoms with Gasteiger partial charge in [0.1, 0.15) is 11.2 Å². The molecule has 2 fully saturated rings. The van der Waals surface area contributed by atoms with Gasteiger partial charge in [0.15, 0.2) is 0 Å². The van der Waals surface area contributed by atoms with E-state index in [9.17, 15) is 9.59 Å². The molecule has 0 spiro atoms. The van der Waals surface area contributed by atoms with E-state index >= 15 is 0 Å². The first kappa shape index (κ1) is 20.3.